The van der Waals surface area contributed by atoms with Crippen LogP contribution in [-0.2, 0) is 26.2 Å². The van der Waals surface area contributed by atoms with Crippen LogP contribution in [0.1, 0.15) is 18.9 Å². The number of hydrogen-bond acceptors (Lipinski definition) is 7. The lowest BCUT2D eigenvalue weighted by atomic mass is 10.0. The minimum Gasteiger partial charge on any atom is -0.494 e. The number of carbonyl (C=O) groups excluding carboxylic acids is 1. The van der Waals surface area contributed by atoms with Gasteiger partial charge in [0, 0.05) is 23.6 Å². The number of nitrogens with one attached hydrogen (secondary N) is 1. The number of ether oxygens (including phenoxy) is 2. The molecule has 0 fully saturated rings. The van der Waals surface area contributed by atoms with E-state index in [1.165, 1.54) is 18.2 Å². The highest BCUT2D eigenvalue weighted by Crippen LogP contribution is 2.27. The zero-order chi connectivity index (χ0) is 24.1. The summed E-state index contributed by atoms with van der Waals surface area (Å²) in [5, 5.41) is 2.53. The molecular weight excluding hydrogens is 458 g/mol. The Morgan fingerprint density at radius 1 is 1.03 bits per heavy atom. The zero-order valence-electron chi connectivity index (χ0n) is 18.4. The molecule has 8 nitrogen and oxygen atoms in total. The van der Waals surface area contributed by atoms with Crippen molar-refractivity contribution in [2.45, 2.75) is 24.8 Å². The number of sulfonamides is 1. The van der Waals surface area contributed by atoms with Crippen molar-refractivity contribution < 1.29 is 27.1 Å². The highest BCUT2D eigenvalue weighted by atomic mass is 32.2. The molecule has 0 radical (unpaired) electrons. The summed E-state index contributed by atoms with van der Waals surface area (Å²) in [5.74, 6) is -0.0312. The molecule has 34 heavy (non-hydrogen) atoms. The van der Waals surface area contributed by atoms with Gasteiger partial charge in [-0.2, -0.15) is 0 Å². The number of rotatable bonds is 9. The van der Waals surface area contributed by atoms with Crippen molar-refractivity contribution in [3.63, 3.8) is 0 Å². The SMILES string of the molecule is CCOc1ccc(S(=O)(=O)NCCC(=O)OCc2cc(=O)oc3ccc4ccccc4c23)cc1. The van der Waals surface area contributed by atoms with Crippen LogP contribution in [0, 0.1) is 0 Å². The fourth-order valence-electron chi connectivity index (χ4n) is 3.62. The van der Waals surface area contributed by atoms with Gasteiger partial charge in [0.15, 0.2) is 0 Å². The van der Waals surface area contributed by atoms with E-state index in [1.54, 1.807) is 18.2 Å². The van der Waals surface area contributed by atoms with Gasteiger partial charge < -0.3 is 13.9 Å². The number of carbonyl (C=O) groups is 1. The molecule has 1 N–H and O–H groups in total. The topological polar surface area (TPSA) is 112 Å². The van der Waals surface area contributed by atoms with Gasteiger partial charge in [-0.05, 0) is 48.0 Å². The summed E-state index contributed by atoms with van der Waals surface area (Å²) in [6.45, 7) is 2.05. The molecule has 0 aliphatic carbocycles. The molecule has 0 spiro atoms. The largest absolute Gasteiger partial charge is 0.494 e. The Labute approximate surface area is 196 Å². The van der Waals surface area contributed by atoms with Crippen LogP contribution in [0.5, 0.6) is 5.75 Å². The van der Waals surface area contributed by atoms with Crippen molar-refractivity contribution in [1.29, 1.82) is 0 Å². The summed E-state index contributed by atoms with van der Waals surface area (Å²) in [4.78, 5) is 24.3. The lowest BCUT2D eigenvalue weighted by Gasteiger charge is -2.10. The minimum atomic E-state index is -3.78. The van der Waals surface area contributed by atoms with E-state index in [0.717, 1.165) is 10.8 Å². The highest BCUT2D eigenvalue weighted by molar-refractivity contribution is 7.89. The third-order valence-electron chi connectivity index (χ3n) is 5.17. The first-order valence-corrected chi connectivity index (χ1v) is 12.2. The van der Waals surface area contributed by atoms with Crippen LogP contribution in [-0.4, -0.2) is 27.5 Å². The first-order valence-electron chi connectivity index (χ1n) is 10.7. The van der Waals surface area contributed by atoms with Gasteiger partial charge in [-0.15, -0.1) is 0 Å². The molecule has 0 aliphatic rings. The van der Waals surface area contributed by atoms with Crippen molar-refractivity contribution in [3.05, 3.63) is 82.7 Å². The highest BCUT2D eigenvalue weighted by Gasteiger charge is 2.16. The average molecular weight is 482 g/mol. The lowest BCUT2D eigenvalue weighted by molar-refractivity contribution is -0.144. The van der Waals surface area contributed by atoms with E-state index in [9.17, 15) is 18.0 Å². The van der Waals surface area contributed by atoms with E-state index in [4.69, 9.17) is 13.9 Å². The molecule has 0 aliphatic heterocycles. The quantitative estimate of drug-likeness (QED) is 0.220. The van der Waals surface area contributed by atoms with Crippen molar-refractivity contribution in [1.82, 2.24) is 4.72 Å². The fourth-order valence-corrected chi connectivity index (χ4v) is 4.65. The summed E-state index contributed by atoms with van der Waals surface area (Å²) >= 11 is 0. The molecule has 9 heteroatoms. The second-order valence-electron chi connectivity index (χ2n) is 7.46. The Kier molecular flexibility index (Phi) is 6.95. The molecule has 0 bridgehead atoms. The van der Waals surface area contributed by atoms with Crippen molar-refractivity contribution in [3.8, 4) is 5.75 Å². The van der Waals surface area contributed by atoms with Crippen LogP contribution in [0.2, 0.25) is 0 Å². The summed E-state index contributed by atoms with van der Waals surface area (Å²) in [6, 6.07) is 18.5. The van der Waals surface area contributed by atoms with E-state index >= 15 is 0 Å². The molecule has 0 saturated carbocycles. The lowest BCUT2D eigenvalue weighted by Crippen LogP contribution is -2.26. The maximum absolute atomic E-state index is 12.4. The Hall–Kier alpha value is -3.69. The van der Waals surface area contributed by atoms with Gasteiger partial charge in [-0.3, -0.25) is 4.79 Å². The van der Waals surface area contributed by atoms with Crippen LogP contribution in [0.3, 0.4) is 0 Å². The molecule has 0 saturated heterocycles. The predicted octanol–water partition coefficient (Wildman–Crippen LogP) is 3.76. The number of hydrogen-bond donors (Lipinski definition) is 1. The third kappa shape index (κ3) is 5.27. The molecule has 4 aromatic rings. The normalized spacial score (nSPS) is 11.6. The average Bonchev–Trinajstić information content (AvgIpc) is 2.82. The van der Waals surface area contributed by atoms with Gasteiger partial charge in [-0.25, -0.2) is 17.9 Å². The maximum atomic E-state index is 12.4. The summed E-state index contributed by atoms with van der Waals surface area (Å²) in [7, 11) is -3.78. The molecule has 1 heterocycles. The molecule has 0 atom stereocenters. The van der Waals surface area contributed by atoms with Crippen LogP contribution < -0.4 is 15.1 Å². The van der Waals surface area contributed by atoms with Gasteiger partial charge in [0.2, 0.25) is 10.0 Å². The number of benzene rings is 3. The molecule has 0 amide bonds. The molecule has 1 aromatic heterocycles. The Bertz CT molecular complexity index is 1490. The maximum Gasteiger partial charge on any atom is 0.336 e. The van der Waals surface area contributed by atoms with Crippen molar-refractivity contribution in [2.75, 3.05) is 13.2 Å². The van der Waals surface area contributed by atoms with Gasteiger partial charge in [0.25, 0.3) is 0 Å². The smallest absolute Gasteiger partial charge is 0.336 e. The summed E-state index contributed by atoms with van der Waals surface area (Å²) < 4.78 is 43.2. The van der Waals surface area contributed by atoms with Crippen molar-refractivity contribution in [2.24, 2.45) is 0 Å². The molecule has 4 rings (SSSR count). The van der Waals surface area contributed by atoms with Crippen LogP contribution >= 0.6 is 0 Å². The second-order valence-corrected chi connectivity index (χ2v) is 9.23. The predicted molar refractivity (Wildman–Crippen MR) is 127 cm³/mol. The first-order chi connectivity index (χ1) is 16.4. The van der Waals surface area contributed by atoms with Gasteiger partial charge >= 0.3 is 11.6 Å². The Morgan fingerprint density at radius 2 is 1.79 bits per heavy atom. The van der Waals surface area contributed by atoms with Crippen LogP contribution in [0.4, 0.5) is 0 Å². The zero-order valence-corrected chi connectivity index (χ0v) is 19.3. The van der Waals surface area contributed by atoms with E-state index in [2.05, 4.69) is 4.72 Å². The molecule has 0 unspecified atom stereocenters. The Balaban J connectivity index is 1.40. The third-order valence-corrected chi connectivity index (χ3v) is 6.65. The molecule has 3 aromatic carbocycles. The number of fused-ring (bicyclic) bond motifs is 3. The second kappa shape index (κ2) is 10.1. The Morgan fingerprint density at radius 3 is 2.56 bits per heavy atom. The minimum absolute atomic E-state index is 0.0682. The molecule has 176 valence electrons. The first kappa shape index (κ1) is 23.5. The van der Waals surface area contributed by atoms with Crippen molar-refractivity contribution >= 4 is 37.7 Å². The summed E-state index contributed by atoms with van der Waals surface area (Å²) in [6.07, 6.45) is -0.170. The number of esters is 1. The van der Waals surface area contributed by atoms with E-state index in [1.807, 2.05) is 37.3 Å². The fraction of sp³-hybridized carbons (Fsp3) is 0.200. The van der Waals surface area contributed by atoms with E-state index in [0.29, 0.717) is 28.9 Å². The van der Waals surface area contributed by atoms with Gasteiger partial charge in [-0.1, -0.05) is 30.3 Å². The van der Waals surface area contributed by atoms with Crippen LogP contribution in [0.15, 0.2) is 80.8 Å². The van der Waals surface area contributed by atoms with Crippen LogP contribution in [0.25, 0.3) is 21.7 Å². The van der Waals surface area contributed by atoms with E-state index in [-0.39, 0.29) is 24.5 Å². The van der Waals surface area contributed by atoms with Gasteiger partial charge in [0.05, 0.1) is 17.9 Å². The standard InChI is InChI=1S/C25H23NO7S/c1-2-31-19-8-10-20(11-9-19)34(29,30)26-14-13-23(27)32-16-18-15-24(28)33-22-12-7-17-5-3-4-6-21(17)25(18)22/h3-12,15,26H,2,13-14,16H2,1H3. The molecular formula is C25H23NO7S. The summed E-state index contributed by atoms with van der Waals surface area (Å²) in [5.41, 5.74) is 0.378. The van der Waals surface area contributed by atoms with E-state index < -0.39 is 21.6 Å². The monoisotopic (exact) mass is 481 g/mol. The van der Waals surface area contributed by atoms with Gasteiger partial charge in [0.1, 0.15) is 17.9 Å².